The Hall–Kier alpha value is -4.21. The Morgan fingerprint density at radius 1 is 1.07 bits per heavy atom. The van der Waals surface area contributed by atoms with E-state index in [9.17, 15) is 14.4 Å². The topological polar surface area (TPSA) is 98.0 Å². The number of benzene rings is 2. The molecule has 1 atom stereocenters. The second-order valence-corrected chi connectivity index (χ2v) is 12.1. The molecule has 9 nitrogen and oxygen atoms in total. The van der Waals surface area contributed by atoms with Crippen LogP contribution in [0, 0.1) is 20.8 Å². The first-order chi connectivity index (χ1) is 21.7. The molecule has 2 N–H and O–H groups in total. The fourth-order valence-electron chi connectivity index (χ4n) is 6.54. The van der Waals surface area contributed by atoms with Gasteiger partial charge in [-0.2, -0.15) is 0 Å². The van der Waals surface area contributed by atoms with E-state index in [0.29, 0.717) is 24.2 Å². The van der Waals surface area contributed by atoms with Crippen LogP contribution in [0.25, 0.3) is 11.1 Å². The first kappa shape index (κ1) is 32.2. The lowest BCUT2D eigenvalue weighted by atomic mass is 9.95. The molecule has 1 aromatic heterocycles. The van der Waals surface area contributed by atoms with Crippen LogP contribution in [0.1, 0.15) is 51.7 Å². The third kappa shape index (κ3) is 7.37. The van der Waals surface area contributed by atoms with E-state index >= 15 is 0 Å². The maximum atomic E-state index is 13.8. The Kier molecular flexibility index (Phi) is 10.2. The predicted molar refractivity (Wildman–Crippen MR) is 179 cm³/mol. The Labute approximate surface area is 265 Å². The molecule has 1 unspecified atom stereocenters. The number of pyridine rings is 1. The molecule has 2 fully saturated rings. The van der Waals surface area contributed by atoms with Crippen molar-refractivity contribution >= 4 is 17.5 Å². The molecule has 0 spiro atoms. The molecule has 5 rings (SSSR count). The first-order valence-corrected chi connectivity index (χ1v) is 15.9. The lowest BCUT2D eigenvalue weighted by Gasteiger charge is -2.32. The third-order valence-corrected chi connectivity index (χ3v) is 9.08. The lowest BCUT2D eigenvalue weighted by molar-refractivity contribution is -0.125. The third-order valence-electron chi connectivity index (χ3n) is 9.08. The Balaban J connectivity index is 1.47. The van der Waals surface area contributed by atoms with Gasteiger partial charge < -0.3 is 24.8 Å². The highest BCUT2D eigenvalue weighted by Gasteiger charge is 2.31. The number of hydrogen-bond donors (Lipinski definition) is 2. The zero-order valence-electron chi connectivity index (χ0n) is 26.9. The number of morpholine rings is 1. The van der Waals surface area contributed by atoms with E-state index in [0.717, 1.165) is 79.4 Å². The monoisotopic (exact) mass is 611 g/mol. The van der Waals surface area contributed by atoms with Gasteiger partial charge >= 0.3 is 0 Å². The van der Waals surface area contributed by atoms with Crippen molar-refractivity contribution < 1.29 is 14.3 Å². The van der Waals surface area contributed by atoms with Gasteiger partial charge in [-0.05, 0) is 86.2 Å². The standard InChI is InChI=1S/C36H45N5O4/c1-6-34(42)40-13-12-30(23-40)41(7-2)33-20-29(28-10-8-27(9-11-28)22-39-14-16-45-17-15-39)19-31(26(33)5)35(43)37-21-32-24(3)18-25(4)38-36(32)44/h6,8-11,18-20,30H,1,7,12-17,21-23H2,2-5H3,(H,37,43)(H,38,44). The van der Waals surface area contributed by atoms with E-state index in [4.69, 9.17) is 4.74 Å². The number of anilines is 1. The second-order valence-electron chi connectivity index (χ2n) is 12.1. The molecule has 2 aliphatic heterocycles. The maximum absolute atomic E-state index is 13.8. The molecule has 3 heterocycles. The molecule has 0 saturated carbocycles. The summed E-state index contributed by atoms with van der Waals surface area (Å²) in [6.07, 6.45) is 2.21. The van der Waals surface area contributed by atoms with Crippen molar-refractivity contribution in [1.29, 1.82) is 0 Å². The van der Waals surface area contributed by atoms with Crippen LogP contribution in [-0.4, -0.2) is 78.6 Å². The molecular formula is C36H45N5O4. The number of carbonyl (C=O) groups is 2. The molecule has 0 bridgehead atoms. The van der Waals surface area contributed by atoms with Crippen LogP contribution >= 0.6 is 0 Å². The van der Waals surface area contributed by atoms with Crippen molar-refractivity contribution in [3.8, 4) is 11.1 Å². The predicted octanol–water partition coefficient (Wildman–Crippen LogP) is 4.34. The normalized spacial score (nSPS) is 16.9. The van der Waals surface area contributed by atoms with Gasteiger partial charge in [0.1, 0.15) is 0 Å². The fraction of sp³-hybridized carbons (Fsp3) is 0.417. The molecule has 0 aliphatic carbocycles. The quantitative estimate of drug-likeness (QED) is 0.331. The van der Waals surface area contributed by atoms with E-state index in [1.54, 1.807) is 0 Å². The number of carbonyl (C=O) groups excluding carboxylic acids is 2. The van der Waals surface area contributed by atoms with Crippen LogP contribution in [0.15, 0.2) is 59.9 Å². The molecule has 9 heteroatoms. The largest absolute Gasteiger partial charge is 0.379 e. The molecule has 2 aliphatic rings. The van der Waals surface area contributed by atoms with Crippen molar-refractivity contribution in [2.75, 3.05) is 50.8 Å². The van der Waals surface area contributed by atoms with Gasteiger partial charge in [-0.15, -0.1) is 0 Å². The minimum absolute atomic E-state index is 0.0577. The summed E-state index contributed by atoms with van der Waals surface area (Å²) in [4.78, 5) is 48.2. The van der Waals surface area contributed by atoms with Crippen molar-refractivity contribution in [3.63, 3.8) is 0 Å². The van der Waals surface area contributed by atoms with Crippen LogP contribution < -0.4 is 15.8 Å². The SMILES string of the molecule is C=CC(=O)N1CCC(N(CC)c2cc(-c3ccc(CN4CCOCC4)cc3)cc(C(=O)NCc3c(C)cc(C)[nH]c3=O)c2C)C1. The summed E-state index contributed by atoms with van der Waals surface area (Å²) in [6.45, 7) is 17.9. The van der Waals surface area contributed by atoms with E-state index in [1.807, 2.05) is 37.8 Å². The van der Waals surface area contributed by atoms with Gasteiger partial charge in [0.05, 0.1) is 13.2 Å². The van der Waals surface area contributed by atoms with E-state index in [1.165, 1.54) is 11.6 Å². The van der Waals surface area contributed by atoms with Crippen LogP contribution in [0.5, 0.6) is 0 Å². The molecule has 45 heavy (non-hydrogen) atoms. The Morgan fingerprint density at radius 2 is 1.80 bits per heavy atom. The van der Waals surface area contributed by atoms with Crippen molar-refractivity contribution in [3.05, 3.63) is 99.0 Å². The molecule has 3 aromatic rings. The number of aryl methyl sites for hydroxylation is 2. The number of rotatable bonds is 10. The van der Waals surface area contributed by atoms with Crippen molar-refractivity contribution in [1.82, 2.24) is 20.1 Å². The summed E-state index contributed by atoms with van der Waals surface area (Å²) in [5, 5.41) is 3.02. The van der Waals surface area contributed by atoms with Gasteiger partial charge in [0, 0.05) is 74.4 Å². The van der Waals surface area contributed by atoms with Gasteiger partial charge in [0.25, 0.3) is 11.5 Å². The van der Waals surface area contributed by atoms with Crippen LogP contribution in [-0.2, 0) is 22.6 Å². The molecular weight excluding hydrogens is 566 g/mol. The average molecular weight is 612 g/mol. The zero-order valence-corrected chi connectivity index (χ0v) is 26.9. The van der Waals surface area contributed by atoms with Gasteiger partial charge in [0.2, 0.25) is 5.91 Å². The van der Waals surface area contributed by atoms with E-state index in [-0.39, 0.29) is 30.0 Å². The molecule has 0 radical (unpaired) electrons. The van der Waals surface area contributed by atoms with Gasteiger partial charge in [-0.1, -0.05) is 30.8 Å². The van der Waals surface area contributed by atoms with Crippen molar-refractivity contribution in [2.45, 2.75) is 53.2 Å². The summed E-state index contributed by atoms with van der Waals surface area (Å²) in [6, 6.07) is 14.7. The fourth-order valence-corrected chi connectivity index (χ4v) is 6.54. The van der Waals surface area contributed by atoms with E-state index < -0.39 is 0 Å². The van der Waals surface area contributed by atoms with E-state index in [2.05, 4.69) is 63.9 Å². The maximum Gasteiger partial charge on any atom is 0.253 e. The van der Waals surface area contributed by atoms with Crippen LogP contribution in [0.3, 0.4) is 0 Å². The zero-order chi connectivity index (χ0) is 32.1. The molecule has 2 saturated heterocycles. The van der Waals surface area contributed by atoms with Gasteiger partial charge in [0.15, 0.2) is 0 Å². The highest BCUT2D eigenvalue weighted by molar-refractivity contribution is 5.99. The molecule has 2 aromatic carbocycles. The summed E-state index contributed by atoms with van der Waals surface area (Å²) in [7, 11) is 0. The number of amides is 2. The number of H-pyrrole nitrogens is 1. The van der Waals surface area contributed by atoms with Crippen LogP contribution in [0.2, 0.25) is 0 Å². The minimum atomic E-state index is -0.232. The summed E-state index contributed by atoms with van der Waals surface area (Å²) in [5.41, 5.74) is 7.60. The first-order valence-electron chi connectivity index (χ1n) is 15.9. The van der Waals surface area contributed by atoms with Crippen molar-refractivity contribution in [2.24, 2.45) is 0 Å². The minimum Gasteiger partial charge on any atom is -0.379 e. The number of nitrogens with zero attached hydrogens (tertiary/aromatic N) is 3. The highest BCUT2D eigenvalue weighted by Crippen LogP contribution is 2.34. The van der Waals surface area contributed by atoms with Gasteiger partial charge in [-0.3, -0.25) is 19.3 Å². The Bertz CT molecular complexity index is 1610. The summed E-state index contributed by atoms with van der Waals surface area (Å²) >= 11 is 0. The number of ether oxygens (including phenoxy) is 1. The summed E-state index contributed by atoms with van der Waals surface area (Å²) < 4.78 is 5.49. The summed E-state index contributed by atoms with van der Waals surface area (Å²) in [5.74, 6) is -0.289. The lowest BCUT2D eigenvalue weighted by Crippen LogP contribution is -2.39. The number of hydrogen-bond acceptors (Lipinski definition) is 6. The molecule has 2 amide bonds. The number of nitrogens with one attached hydrogen (secondary N) is 2. The number of likely N-dealkylation sites (tertiary alicyclic amines) is 1. The number of aromatic amines is 1. The second kappa shape index (κ2) is 14.3. The van der Waals surface area contributed by atoms with Crippen LogP contribution in [0.4, 0.5) is 5.69 Å². The molecule has 238 valence electrons. The average Bonchev–Trinajstić information content (AvgIpc) is 3.52. The Morgan fingerprint density at radius 3 is 2.47 bits per heavy atom. The van der Waals surface area contributed by atoms with Gasteiger partial charge in [-0.25, -0.2) is 0 Å². The smallest absolute Gasteiger partial charge is 0.253 e. The number of aromatic nitrogens is 1. The highest BCUT2D eigenvalue weighted by atomic mass is 16.5. The number of likely N-dealkylation sites (N-methyl/N-ethyl adjacent to an activating group) is 1.